The zero-order chi connectivity index (χ0) is 23.2. The Morgan fingerprint density at radius 3 is 1.17 bits per heavy atom. The number of carbonyl (C=O) groups is 2. The summed E-state index contributed by atoms with van der Waals surface area (Å²) in [6, 6.07) is 18.1. The molecular formula is C24H34O6. The quantitative estimate of drug-likeness (QED) is 0.335. The number of ether oxygens (including phenoxy) is 2. The van der Waals surface area contributed by atoms with E-state index in [9.17, 15) is 9.59 Å². The van der Waals surface area contributed by atoms with Crippen molar-refractivity contribution >= 4 is 11.9 Å². The Morgan fingerprint density at radius 2 is 0.933 bits per heavy atom. The second kappa shape index (κ2) is 13.5. The molecule has 0 atom stereocenters. The van der Waals surface area contributed by atoms with E-state index in [1.165, 1.54) is 0 Å². The summed E-state index contributed by atoms with van der Waals surface area (Å²) in [5.74, 6) is -0.505. The normalized spacial score (nSPS) is 10.5. The molecule has 2 rings (SSSR count). The van der Waals surface area contributed by atoms with Crippen LogP contribution in [0.1, 0.15) is 75.1 Å². The number of hydrogen-bond donors (Lipinski definition) is 2. The average Bonchev–Trinajstić information content (AvgIpc) is 2.76. The summed E-state index contributed by atoms with van der Waals surface area (Å²) in [4.78, 5) is 23.2. The third-order valence-electron chi connectivity index (χ3n) is 4.46. The largest absolute Gasteiger partial charge is 0.456 e. The van der Waals surface area contributed by atoms with E-state index >= 15 is 0 Å². The van der Waals surface area contributed by atoms with Crippen molar-refractivity contribution < 1.29 is 29.6 Å². The van der Waals surface area contributed by atoms with Gasteiger partial charge >= 0.3 is 11.9 Å². The minimum atomic E-state index is -0.382. The third kappa shape index (κ3) is 10.7. The second-order valence-corrected chi connectivity index (χ2v) is 7.74. The molecule has 166 valence electrons. The van der Waals surface area contributed by atoms with Crippen LogP contribution < -0.4 is 0 Å². The van der Waals surface area contributed by atoms with Gasteiger partial charge in [-0.3, -0.25) is 10.5 Å². The zero-order valence-electron chi connectivity index (χ0n) is 18.7. The molecule has 2 N–H and O–H groups in total. The highest BCUT2D eigenvalue weighted by atomic mass is 17.0. The van der Waals surface area contributed by atoms with Crippen molar-refractivity contribution in [1.82, 2.24) is 0 Å². The van der Waals surface area contributed by atoms with E-state index < -0.39 is 0 Å². The number of hydrogen-bond acceptors (Lipinski definition) is 6. The SMILES string of the molecule is CCC(C)(C)OC(=O)c1ccccc1.CCC(C)(C)OC(=O)c1ccccc1.OO. The Labute approximate surface area is 179 Å². The van der Waals surface area contributed by atoms with Crippen LogP contribution in [0.25, 0.3) is 0 Å². The maximum atomic E-state index is 11.6. The maximum absolute atomic E-state index is 11.6. The lowest BCUT2D eigenvalue weighted by Crippen LogP contribution is -2.26. The van der Waals surface area contributed by atoms with E-state index in [2.05, 4.69) is 0 Å². The lowest BCUT2D eigenvalue weighted by Gasteiger charge is -2.23. The standard InChI is InChI=1S/2C12H16O2.H2O2/c2*1-4-12(2,3)14-11(13)10-8-6-5-7-9-10;1-2/h2*5-9H,4H2,1-3H3;1-2H. The lowest BCUT2D eigenvalue weighted by atomic mass is 10.1. The van der Waals surface area contributed by atoms with E-state index in [-0.39, 0.29) is 23.1 Å². The van der Waals surface area contributed by atoms with Crippen LogP contribution in [0.4, 0.5) is 0 Å². The average molecular weight is 419 g/mol. The van der Waals surface area contributed by atoms with Crippen molar-refractivity contribution in [3.63, 3.8) is 0 Å². The molecule has 0 aromatic heterocycles. The van der Waals surface area contributed by atoms with Crippen LogP contribution in [0.5, 0.6) is 0 Å². The van der Waals surface area contributed by atoms with E-state index in [0.29, 0.717) is 11.1 Å². The smallest absolute Gasteiger partial charge is 0.338 e. The minimum Gasteiger partial charge on any atom is -0.456 e. The van der Waals surface area contributed by atoms with Gasteiger partial charge in [0.05, 0.1) is 11.1 Å². The molecule has 0 spiro atoms. The Balaban J connectivity index is 0.000000518. The van der Waals surface area contributed by atoms with Gasteiger partial charge in [-0.15, -0.1) is 0 Å². The summed E-state index contributed by atoms with van der Waals surface area (Å²) >= 11 is 0. The molecule has 0 heterocycles. The highest BCUT2D eigenvalue weighted by Gasteiger charge is 2.21. The molecule has 0 aliphatic carbocycles. The van der Waals surface area contributed by atoms with E-state index in [0.717, 1.165) is 12.8 Å². The minimum absolute atomic E-state index is 0.252. The predicted octanol–water partition coefficient (Wildman–Crippen LogP) is 6.08. The Kier molecular flexibility index (Phi) is 12.3. The number of benzene rings is 2. The topological polar surface area (TPSA) is 93.1 Å². The van der Waals surface area contributed by atoms with Crippen LogP contribution in [-0.2, 0) is 9.47 Å². The van der Waals surface area contributed by atoms with Crippen LogP contribution in [0.3, 0.4) is 0 Å². The van der Waals surface area contributed by atoms with Gasteiger partial charge in [0.2, 0.25) is 0 Å². The zero-order valence-corrected chi connectivity index (χ0v) is 18.7. The number of carbonyl (C=O) groups excluding carboxylic acids is 2. The molecule has 6 nitrogen and oxygen atoms in total. The second-order valence-electron chi connectivity index (χ2n) is 7.74. The van der Waals surface area contributed by atoms with Crippen LogP contribution in [-0.4, -0.2) is 33.7 Å². The first-order valence-electron chi connectivity index (χ1n) is 9.87. The van der Waals surface area contributed by atoms with Crippen molar-refractivity contribution in [2.45, 2.75) is 65.6 Å². The molecule has 0 bridgehead atoms. The fourth-order valence-corrected chi connectivity index (χ4v) is 1.91. The van der Waals surface area contributed by atoms with Gasteiger partial charge < -0.3 is 9.47 Å². The first kappa shape index (κ1) is 27.3. The van der Waals surface area contributed by atoms with Gasteiger partial charge in [-0.1, -0.05) is 50.2 Å². The molecule has 0 aliphatic rings. The molecule has 0 fully saturated rings. The molecule has 0 saturated heterocycles. The third-order valence-corrected chi connectivity index (χ3v) is 4.46. The molecule has 0 radical (unpaired) electrons. The van der Waals surface area contributed by atoms with Crippen LogP contribution >= 0.6 is 0 Å². The first-order valence-corrected chi connectivity index (χ1v) is 9.87. The maximum Gasteiger partial charge on any atom is 0.338 e. The van der Waals surface area contributed by atoms with Gasteiger partial charge in [0.25, 0.3) is 0 Å². The molecular weight excluding hydrogens is 384 g/mol. The summed E-state index contributed by atoms with van der Waals surface area (Å²) in [7, 11) is 0. The molecule has 2 aromatic rings. The van der Waals surface area contributed by atoms with Crippen LogP contribution in [0.2, 0.25) is 0 Å². The molecule has 0 amide bonds. The van der Waals surface area contributed by atoms with E-state index in [4.69, 9.17) is 20.0 Å². The fraction of sp³-hybridized carbons (Fsp3) is 0.417. The molecule has 6 heteroatoms. The Morgan fingerprint density at radius 1 is 0.667 bits per heavy atom. The van der Waals surface area contributed by atoms with E-state index in [1.54, 1.807) is 24.3 Å². The molecule has 0 unspecified atom stereocenters. The van der Waals surface area contributed by atoms with Crippen LogP contribution in [0.15, 0.2) is 60.7 Å². The highest BCUT2D eigenvalue weighted by molar-refractivity contribution is 5.90. The van der Waals surface area contributed by atoms with Gasteiger partial charge in [0, 0.05) is 0 Å². The van der Waals surface area contributed by atoms with Gasteiger partial charge in [0.15, 0.2) is 0 Å². The van der Waals surface area contributed by atoms with Crippen LogP contribution in [0, 0.1) is 0 Å². The van der Waals surface area contributed by atoms with Gasteiger partial charge in [-0.05, 0) is 64.8 Å². The van der Waals surface area contributed by atoms with Crippen molar-refractivity contribution in [3.05, 3.63) is 71.8 Å². The summed E-state index contributed by atoms with van der Waals surface area (Å²) in [6.45, 7) is 11.6. The number of rotatable bonds is 6. The van der Waals surface area contributed by atoms with Gasteiger partial charge in [-0.2, -0.15) is 0 Å². The molecule has 0 aliphatic heterocycles. The highest BCUT2D eigenvalue weighted by Crippen LogP contribution is 2.17. The summed E-state index contributed by atoms with van der Waals surface area (Å²) < 4.78 is 10.7. The summed E-state index contributed by atoms with van der Waals surface area (Å²) in [6.07, 6.45) is 1.62. The summed E-state index contributed by atoms with van der Waals surface area (Å²) in [5, 5.41) is 12.0. The van der Waals surface area contributed by atoms with Crippen molar-refractivity contribution in [1.29, 1.82) is 0 Å². The molecule has 0 saturated carbocycles. The van der Waals surface area contributed by atoms with Gasteiger partial charge in [0.1, 0.15) is 11.2 Å². The first-order chi connectivity index (χ1) is 14.1. The summed E-state index contributed by atoms with van der Waals surface area (Å²) in [5.41, 5.74) is 0.447. The van der Waals surface area contributed by atoms with Crippen molar-refractivity contribution in [3.8, 4) is 0 Å². The molecule has 2 aromatic carbocycles. The number of esters is 2. The van der Waals surface area contributed by atoms with Gasteiger partial charge in [-0.25, -0.2) is 9.59 Å². The fourth-order valence-electron chi connectivity index (χ4n) is 1.91. The monoisotopic (exact) mass is 418 g/mol. The van der Waals surface area contributed by atoms with Crippen molar-refractivity contribution in [2.75, 3.05) is 0 Å². The Hall–Kier alpha value is -2.70. The van der Waals surface area contributed by atoms with Crippen molar-refractivity contribution in [2.24, 2.45) is 0 Å². The molecule has 30 heavy (non-hydrogen) atoms. The Bertz CT molecular complexity index is 673. The predicted molar refractivity (Wildman–Crippen MR) is 118 cm³/mol. The lowest BCUT2D eigenvalue weighted by molar-refractivity contribution is -0.176. The van der Waals surface area contributed by atoms with E-state index in [1.807, 2.05) is 77.9 Å².